The minimum absolute atomic E-state index is 0.630. The van der Waals surface area contributed by atoms with Crippen molar-refractivity contribution in [3.8, 4) is 0 Å². The van der Waals surface area contributed by atoms with E-state index in [1.807, 2.05) is 35.8 Å². The van der Waals surface area contributed by atoms with Crippen LogP contribution in [0.2, 0.25) is 0 Å². The summed E-state index contributed by atoms with van der Waals surface area (Å²) in [4.78, 5) is 6.87. The molecule has 0 bridgehead atoms. The summed E-state index contributed by atoms with van der Waals surface area (Å²) < 4.78 is 2.05. The predicted octanol–water partition coefficient (Wildman–Crippen LogP) is 1.31. The van der Waals surface area contributed by atoms with E-state index < -0.39 is 0 Å². The van der Waals surface area contributed by atoms with E-state index >= 15 is 0 Å². The molecule has 25 heavy (non-hydrogen) atoms. The molecule has 3 rings (SSSR count). The minimum Gasteiger partial charge on any atom is -0.356 e. The van der Waals surface area contributed by atoms with Crippen LogP contribution < -0.4 is 10.6 Å². The second-order valence-electron chi connectivity index (χ2n) is 6.45. The van der Waals surface area contributed by atoms with Crippen molar-refractivity contribution in [2.24, 2.45) is 4.99 Å². The average Bonchev–Trinajstić information content (AvgIpc) is 3.27. The van der Waals surface area contributed by atoms with E-state index in [4.69, 9.17) is 0 Å². The van der Waals surface area contributed by atoms with Crippen molar-refractivity contribution in [3.05, 3.63) is 30.2 Å². The van der Waals surface area contributed by atoms with E-state index in [-0.39, 0.29) is 0 Å². The van der Waals surface area contributed by atoms with Crippen LogP contribution in [0.1, 0.15) is 32.0 Å². The molecule has 0 aliphatic carbocycles. The summed E-state index contributed by atoms with van der Waals surface area (Å²) in [5.41, 5.74) is 0.903. The number of aliphatic imine (C=N–C) groups is 1. The standard InChI is InChI=1S/C18H29N7/c1-3-24-12-7-8-15(24)14-21-18(19-2)20-11-6-10-17-23-22-16-9-4-5-13-25(16)17/h4-5,9,13,15H,3,6-8,10-12,14H2,1-2H3,(H2,19,20,21). The number of aryl methyl sites for hydroxylation is 1. The first-order valence-electron chi connectivity index (χ1n) is 9.29. The third kappa shape index (κ3) is 4.48. The zero-order valence-corrected chi connectivity index (χ0v) is 15.3. The van der Waals surface area contributed by atoms with Crippen LogP contribution in [0, 0.1) is 0 Å². The van der Waals surface area contributed by atoms with E-state index in [1.54, 1.807) is 0 Å². The van der Waals surface area contributed by atoms with Crippen molar-refractivity contribution in [1.29, 1.82) is 0 Å². The summed E-state index contributed by atoms with van der Waals surface area (Å²) in [5, 5.41) is 15.3. The van der Waals surface area contributed by atoms with Gasteiger partial charge < -0.3 is 10.6 Å². The molecule has 0 radical (unpaired) electrons. The number of hydrogen-bond donors (Lipinski definition) is 2. The van der Waals surface area contributed by atoms with Crippen LogP contribution in [-0.4, -0.2) is 64.7 Å². The summed E-state index contributed by atoms with van der Waals surface area (Å²) >= 11 is 0. The van der Waals surface area contributed by atoms with Gasteiger partial charge in [0.25, 0.3) is 0 Å². The molecule has 3 heterocycles. The number of hydrogen-bond acceptors (Lipinski definition) is 4. The highest BCUT2D eigenvalue weighted by molar-refractivity contribution is 5.79. The summed E-state index contributed by atoms with van der Waals surface area (Å²) in [7, 11) is 1.83. The van der Waals surface area contributed by atoms with Crippen LogP contribution >= 0.6 is 0 Å². The van der Waals surface area contributed by atoms with Gasteiger partial charge in [0.15, 0.2) is 11.6 Å². The number of rotatable bonds is 7. The highest BCUT2D eigenvalue weighted by Crippen LogP contribution is 2.15. The molecule has 136 valence electrons. The summed E-state index contributed by atoms with van der Waals surface area (Å²) in [5.74, 6) is 1.89. The summed E-state index contributed by atoms with van der Waals surface area (Å²) in [6.07, 6.45) is 6.47. The number of pyridine rings is 1. The molecule has 1 aliphatic heterocycles. The molecular formula is C18H29N7. The largest absolute Gasteiger partial charge is 0.356 e. The van der Waals surface area contributed by atoms with Gasteiger partial charge >= 0.3 is 0 Å². The zero-order chi connectivity index (χ0) is 17.5. The molecular weight excluding hydrogens is 314 g/mol. The number of likely N-dealkylation sites (tertiary alicyclic amines) is 1. The maximum atomic E-state index is 4.33. The van der Waals surface area contributed by atoms with E-state index in [1.165, 1.54) is 19.4 Å². The van der Waals surface area contributed by atoms with Crippen molar-refractivity contribution in [2.75, 3.05) is 33.2 Å². The molecule has 1 aliphatic rings. The lowest BCUT2D eigenvalue weighted by Crippen LogP contribution is -2.45. The molecule has 0 spiro atoms. The third-order valence-corrected chi connectivity index (χ3v) is 4.89. The van der Waals surface area contributed by atoms with E-state index in [0.717, 1.165) is 49.9 Å². The maximum absolute atomic E-state index is 4.33. The Morgan fingerprint density at radius 3 is 3.08 bits per heavy atom. The molecule has 1 fully saturated rings. The molecule has 0 amide bonds. The van der Waals surface area contributed by atoms with Gasteiger partial charge in [-0.2, -0.15) is 0 Å². The van der Waals surface area contributed by atoms with Crippen LogP contribution in [0.3, 0.4) is 0 Å². The fraction of sp³-hybridized carbons (Fsp3) is 0.611. The van der Waals surface area contributed by atoms with Crippen LogP contribution in [-0.2, 0) is 6.42 Å². The normalized spacial score (nSPS) is 18.8. The number of aromatic nitrogens is 3. The fourth-order valence-corrected chi connectivity index (χ4v) is 3.49. The average molecular weight is 343 g/mol. The molecule has 1 unspecified atom stereocenters. The van der Waals surface area contributed by atoms with Crippen molar-refractivity contribution >= 4 is 11.6 Å². The van der Waals surface area contributed by atoms with Gasteiger partial charge in [0.2, 0.25) is 0 Å². The molecule has 2 aromatic rings. The van der Waals surface area contributed by atoms with Gasteiger partial charge in [0.1, 0.15) is 5.82 Å². The van der Waals surface area contributed by atoms with Crippen LogP contribution in [0.25, 0.3) is 5.65 Å². The Kier molecular flexibility index (Phi) is 6.22. The SMILES string of the molecule is CCN1CCCC1CNC(=NC)NCCCc1nnc2ccccn12. The lowest BCUT2D eigenvalue weighted by molar-refractivity contribution is 0.267. The molecule has 7 nitrogen and oxygen atoms in total. The maximum Gasteiger partial charge on any atom is 0.191 e. The van der Waals surface area contributed by atoms with Gasteiger partial charge in [-0.3, -0.25) is 14.3 Å². The van der Waals surface area contributed by atoms with Gasteiger partial charge in [0.05, 0.1) is 0 Å². The Morgan fingerprint density at radius 2 is 2.24 bits per heavy atom. The van der Waals surface area contributed by atoms with Crippen molar-refractivity contribution in [1.82, 2.24) is 30.1 Å². The van der Waals surface area contributed by atoms with Crippen molar-refractivity contribution in [3.63, 3.8) is 0 Å². The minimum atomic E-state index is 0.630. The van der Waals surface area contributed by atoms with Crippen LogP contribution in [0.5, 0.6) is 0 Å². The molecule has 0 aromatic carbocycles. The van der Waals surface area contributed by atoms with Crippen molar-refractivity contribution < 1.29 is 0 Å². The Morgan fingerprint density at radius 1 is 1.32 bits per heavy atom. The van der Waals surface area contributed by atoms with Crippen molar-refractivity contribution in [2.45, 2.75) is 38.6 Å². The molecule has 2 aromatic heterocycles. The topological polar surface area (TPSA) is 69.8 Å². The van der Waals surface area contributed by atoms with Gasteiger partial charge in [-0.15, -0.1) is 10.2 Å². The quantitative estimate of drug-likeness (QED) is 0.451. The lowest BCUT2D eigenvalue weighted by atomic mass is 10.2. The monoisotopic (exact) mass is 343 g/mol. The zero-order valence-electron chi connectivity index (χ0n) is 15.3. The highest BCUT2D eigenvalue weighted by atomic mass is 15.2. The lowest BCUT2D eigenvalue weighted by Gasteiger charge is -2.23. The van der Waals surface area contributed by atoms with E-state index in [0.29, 0.717) is 6.04 Å². The van der Waals surface area contributed by atoms with Crippen LogP contribution in [0.15, 0.2) is 29.4 Å². The number of nitrogens with one attached hydrogen (secondary N) is 2. The summed E-state index contributed by atoms with van der Waals surface area (Å²) in [6, 6.07) is 6.59. The number of likely N-dealkylation sites (N-methyl/N-ethyl adjacent to an activating group) is 1. The number of fused-ring (bicyclic) bond motifs is 1. The molecule has 7 heteroatoms. The van der Waals surface area contributed by atoms with Gasteiger partial charge in [-0.05, 0) is 44.5 Å². The first-order valence-corrected chi connectivity index (χ1v) is 9.29. The number of nitrogens with zero attached hydrogens (tertiary/aromatic N) is 5. The highest BCUT2D eigenvalue weighted by Gasteiger charge is 2.22. The van der Waals surface area contributed by atoms with Crippen LogP contribution in [0.4, 0.5) is 0 Å². The van der Waals surface area contributed by atoms with Gasteiger partial charge in [0, 0.05) is 38.8 Å². The third-order valence-electron chi connectivity index (χ3n) is 4.89. The second kappa shape index (κ2) is 8.80. The fourth-order valence-electron chi connectivity index (χ4n) is 3.49. The van der Waals surface area contributed by atoms with Gasteiger partial charge in [-0.1, -0.05) is 13.0 Å². The Hall–Kier alpha value is -2.15. The molecule has 1 atom stereocenters. The molecule has 2 N–H and O–H groups in total. The second-order valence-corrected chi connectivity index (χ2v) is 6.45. The molecule has 0 saturated carbocycles. The Balaban J connectivity index is 1.40. The first-order chi connectivity index (χ1) is 12.3. The summed E-state index contributed by atoms with van der Waals surface area (Å²) in [6.45, 7) is 6.41. The number of guanidine groups is 1. The van der Waals surface area contributed by atoms with Gasteiger partial charge in [-0.25, -0.2) is 0 Å². The Labute approximate surface area is 149 Å². The first kappa shape index (κ1) is 17.7. The molecule has 1 saturated heterocycles. The predicted molar refractivity (Wildman–Crippen MR) is 101 cm³/mol. The smallest absolute Gasteiger partial charge is 0.191 e. The van der Waals surface area contributed by atoms with E-state index in [9.17, 15) is 0 Å². The van der Waals surface area contributed by atoms with E-state index in [2.05, 4.69) is 37.6 Å². The Bertz CT molecular complexity index is 694.